The Hall–Kier alpha value is -3.69. The van der Waals surface area contributed by atoms with Gasteiger partial charge in [-0.15, -0.1) is 0 Å². The minimum atomic E-state index is -0.487. The second kappa shape index (κ2) is 25.8. The average molecular weight is 604 g/mol. The fourth-order valence-corrected chi connectivity index (χ4v) is 3.92. The lowest BCUT2D eigenvalue weighted by Gasteiger charge is -2.24. The summed E-state index contributed by atoms with van der Waals surface area (Å²) in [4.78, 5) is 31.5. The first-order valence-corrected chi connectivity index (χ1v) is 16.1. The van der Waals surface area contributed by atoms with Crippen molar-refractivity contribution in [3.63, 3.8) is 0 Å². The van der Waals surface area contributed by atoms with Crippen molar-refractivity contribution in [1.82, 2.24) is 10.6 Å². The molecule has 1 unspecified atom stereocenters. The molecule has 2 amide bonds. The molecule has 1 aliphatic rings. The normalized spacial score (nSPS) is 12.5. The van der Waals surface area contributed by atoms with Crippen LogP contribution in [0.5, 0.6) is 0 Å². The van der Waals surface area contributed by atoms with Gasteiger partial charge in [0.05, 0.1) is 0 Å². The van der Waals surface area contributed by atoms with Crippen LogP contribution < -0.4 is 16.4 Å². The van der Waals surface area contributed by atoms with Crippen molar-refractivity contribution in [3.8, 4) is 11.8 Å². The van der Waals surface area contributed by atoms with Gasteiger partial charge in [-0.1, -0.05) is 128 Å². The van der Waals surface area contributed by atoms with E-state index in [1.54, 1.807) is 19.2 Å². The van der Waals surface area contributed by atoms with E-state index in [1.165, 1.54) is 57.4 Å². The zero-order chi connectivity index (χ0) is 33.2. The molecule has 6 nitrogen and oxygen atoms in total. The van der Waals surface area contributed by atoms with Gasteiger partial charge in [-0.2, -0.15) is 0 Å². The molecule has 0 spiro atoms. The number of carbonyl (C=O) groups excluding carboxylic acids is 3. The number of primary amides is 1. The predicted octanol–water partition coefficient (Wildman–Crippen LogP) is 7.35. The second-order valence-corrected chi connectivity index (χ2v) is 11.4. The van der Waals surface area contributed by atoms with Crippen LogP contribution in [-0.2, 0) is 16.0 Å². The molecule has 0 saturated heterocycles. The number of aldehydes is 1. The quantitative estimate of drug-likeness (QED) is 0.185. The van der Waals surface area contributed by atoms with Gasteiger partial charge in [-0.3, -0.25) is 14.4 Å². The summed E-state index contributed by atoms with van der Waals surface area (Å²) in [6.45, 7) is 12.7. The molecular weight excluding hydrogens is 546 g/mol. The van der Waals surface area contributed by atoms with E-state index in [0.717, 1.165) is 29.8 Å². The summed E-state index contributed by atoms with van der Waals surface area (Å²) in [5, 5.41) is 5.14. The second-order valence-electron chi connectivity index (χ2n) is 11.4. The Morgan fingerprint density at radius 3 is 1.93 bits per heavy atom. The van der Waals surface area contributed by atoms with Crippen LogP contribution in [0.1, 0.15) is 114 Å². The van der Waals surface area contributed by atoms with E-state index in [1.807, 2.05) is 24.3 Å². The number of amides is 2. The molecule has 0 radical (unpaired) electrons. The zero-order valence-electron chi connectivity index (χ0n) is 28.2. The minimum Gasteiger partial charge on any atom is -0.368 e. The van der Waals surface area contributed by atoms with Crippen LogP contribution in [0.25, 0.3) is 6.08 Å². The lowest BCUT2D eigenvalue weighted by molar-refractivity contribution is -0.121. The maximum absolute atomic E-state index is 10.6. The third-order valence-corrected chi connectivity index (χ3v) is 6.91. The highest BCUT2D eigenvalue weighted by Crippen LogP contribution is 2.29. The van der Waals surface area contributed by atoms with E-state index in [4.69, 9.17) is 5.73 Å². The van der Waals surface area contributed by atoms with Crippen molar-refractivity contribution < 1.29 is 14.4 Å². The maximum Gasteiger partial charge on any atom is 0.236 e. The third-order valence-electron chi connectivity index (χ3n) is 6.91. The summed E-state index contributed by atoms with van der Waals surface area (Å²) in [7, 11) is 1.61. The lowest BCUT2D eigenvalue weighted by atomic mass is 9.82. The van der Waals surface area contributed by atoms with Crippen molar-refractivity contribution in [2.75, 3.05) is 13.6 Å². The van der Waals surface area contributed by atoms with Gasteiger partial charge in [0.1, 0.15) is 12.3 Å². The lowest BCUT2D eigenvalue weighted by Crippen LogP contribution is -2.47. The van der Waals surface area contributed by atoms with Crippen molar-refractivity contribution in [2.45, 2.75) is 99.0 Å². The van der Waals surface area contributed by atoms with Crippen molar-refractivity contribution >= 4 is 24.2 Å². The van der Waals surface area contributed by atoms with E-state index in [2.05, 4.69) is 81.4 Å². The van der Waals surface area contributed by atoms with E-state index < -0.39 is 11.9 Å². The Bertz CT molecular complexity index is 1140. The molecule has 1 fully saturated rings. The van der Waals surface area contributed by atoms with E-state index in [-0.39, 0.29) is 12.5 Å². The van der Waals surface area contributed by atoms with E-state index in [9.17, 15) is 14.4 Å². The molecule has 0 heterocycles. The minimum absolute atomic E-state index is 0.175. The van der Waals surface area contributed by atoms with E-state index in [0.29, 0.717) is 11.5 Å². The highest BCUT2D eigenvalue weighted by molar-refractivity contribution is 5.81. The maximum atomic E-state index is 10.6. The highest BCUT2D eigenvalue weighted by Gasteiger charge is 2.15. The number of benzene rings is 2. The largest absolute Gasteiger partial charge is 0.368 e. The zero-order valence-corrected chi connectivity index (χ0v) is 28.2. The third kappa shape index (κ3) is 21.1. The van der Waals surface area contributed by atoms with Crippen molar-refractivity contribution in [3.05, 3.63) is 76.9 Å². The summed E-state index contributed by atoms with van der Waals surface area (Å²) in [6.07, 6.45) is 15.8. The van der Waals surface area contributed by atoms with Crippen LogP contribution in [-0.4, -0.2) is 37.7 Å². The number of likely N-dealkylation sites (N-methyl/N-ethyl adjacent to an activating group) is 1. The number of carbonyl (C=O) groups is 3. The Kier molecular flexibility index (Phi) is 23.6. The van der Waals surface area contributed by atoms with Crippen LogP contribution >= 0.6 is 0 Å². The Morgan fingerprint density at radius 1 is 0.955 bits per heavy atom. The van der Waals surface area contributed by atoms with Gasteiger partial charge in [-0.25, -0.2) is 0 Å². The standard InChI is InChI=1S/C21H20O.C7H14.C6H13N3O2.C4H10/c1-17(2)15-20-11-7-18(8-12-20)5-3-4-6-19-9-13-21(16-22)14-10-19;1-2-4-7-5-3-6-7;1-4(10)9-3-5(8-2)6(7)11;1-3-4-2/h4,6-14,16-17H,15H2,1-2H3;7H,2-6H2,1H3;5,8H,3H2,1-2H3,(H2,7,11)(H,9,10);3-4H2,1-2H3/b6-4+;;;. The van der Waals surface area contributed by atoms with Gasteiger partial charge in [0, 0.05) is 24.6 Å². The number of nitrogens with two attached hydrogens (primary N) is 1. The molecule has 6 heteroatoms. The van der Waals surface area contributed by atoms with Crippen LogP contribution in [0, 0.1) is 23.7 Å². The molecule has 3 rings (SSSR count). The fraction of sp³-hybridized carbons (Fsp3) is 0.500. The molecule has 1 saturated carbocycles. The molecule has 2 aromatic rings. The topological polar surface area (TPSA) is 101 Å². The number of hydrogen-bond donors (Lipinski definition) is 3. The van der Waals surface area contributed by atoms with Crippen molar-refractivity contribution in [2.24, 2.45) is 17.6 Å². The molecule has 2 aromatic carbocycles. The van der Waals surface area contributed by atoms with Crippen LogP contribution in [0.4, 0.5) is 0 Å². The van der Waals surface area contributed by atoms with E-state index >= 15 is 0 Å². The van der Waals surface area contributed by atoms with Crippen molar-refractivity contribution in [1.29, 1.82) is 0 Å². The Balaban J connectivity index is 0.000000693. The predicted molar refractivity (Wildman–Crippen MR) is 186 cm³/mol. The summed E-state index contributed by atoms with van der Waals surface area (Å²) in [5.41, 5.74) is 9.07. The molecule has 0 aromatic heterocycles. The SMILES string of the molecule is CC(C)Cc1ccc(C#C/C=C/c2ccc(C=O)cc2)cc1.CCCC.CCCC1CCC1.CNC(CNC(C)=O)C(N)=O. The van der Waals surface area contributed by atoms with Gasteiger partial charge in [-0.05, 0) is 60.7 Å². The molecule has 1 aliphatic carbocycles. The number of hydrogen-bond acceptors (Lipinski definition) is 4. The first-order chi connectivity index (χ1) is 21.1. The first kappa shape index (κ1) is 40.3. The van der Waals surface area contributed by atoms with Crippen LogP contribution in [0.3, 0.4) is 0 Å². The smallest absolute Gasteiger partial charge is 0.236 e. The highest BCUT2D eigenvalue weighted by atomic mass is 16.2. The van der Waals surface area contributed by atoms with Gasteiger partial charge >= 0.3 is 0 Å². The number of nitrogens with one attached hydrogen (secondary N) is 2. The number of unbranched alkanes of at least 4 members (excludes halogenated alkanes) is 1. The Morgan fingerprint density at radius 2 is 1.55 bits per heavy atom. The molecule has 0 aliphatic heterocycles. The molecule has 1 atom stereocenters. The van der Waals surface area contributed by atoms with Gasteiger partial charge < -0.3 is 16.4 Å². The van der Waals surface area contributed by atoms with Crippen LogP contribution in [0.2, 0.25) is 0 Å². The molecular formula is C38H57N3O3. The molecule has 44 heavy (non-hydrogen) atoms. The monoisotopic (exact) mass is 603 g/mol. The van der Waals surface area contributed by atoms with Gasteiger partial charge in [0.2, 0.25) is 11.8 Å². The van der Waals surface area contributed by atoms with Gasteiger partial charge in [0.15, 0.2) is 0 Å². The first-order valence-electron chi connectivity index (χ1n) is 16.1. The average Bonchev–Trinajstić information content (AvgIpc) is 2.99. The Labute approximate surface area is 267 Å². The summed E-state index contributed by atoms with van der Waals surface area (Å²) < 4.78 is 0. The number of allylic oxidation sites excluding steroid dienone is 1. The van der Waals surface area contributed by atoms with Crippen LogP contribution in [0.15, 0.2) is 54.6 Å². The summed E-state index contributed by atoms with van der Waals surface area (Å²) >= 11 is 0. The molecule has 0 bridgehead atoms. The van der Waals surface area contributed by atoms with Gasteiger partial charge in [0.25, 0.3) is 0 Å². The molecule has 4 N–H and O–H groups in total. The summed E-state index contributed by atoms with van der Waals surface area (Å²) in [5.74, 6) is 7.32. The number of rotatable bonds is 11. The molecule has 242 valence electrons. The summed E-state index contributed by atoms with van der Waals surface area (Å²) in [6, 6.07) is 15.3. The fourth-order valence-electron chi connectivity index (χ4n) is 3.92.